The van der Waals surface area contributed by atoms with E-state index in [-0.39, 0.29) is 17.0 Å². The highest BCUT2D eigenvalue weighted by Crippen LogP contribution is 2.33. The molecule has 3 heterocycles. The van der Waals surface area contributed by atoms with Gasteiger partial charge < -0.3 is 19.6 Å². The van der Waals surface area contributed by atoms with Gasteiger partial charge >= 0.3 is 5.97 Å². The second-order valence-corrected chi connectivity index (χ2v) is 5.34. The van der Waals surface area contributed by atoms with Crippen LogP contribution in [0.4, 0.5) is 11.5 Å². The van der Waals surface area contributed by atoms with Crippen molar-refractivity contribution in [2.75, 3.05) is 37.0 Å². The standard InChI is InChI=1S/C16H16N4O4/c1-19-5-6-20(12-3-4-13(24-2)18-14(12)19)15(21)10-7-11(16(22)23)9-17-8-10/h3-4,7-9H,5-6H2,1-2H3,(H,22,23). The van der Waals surface area contributed by atoms with Crippen LogP contribution in [0.15, 0.2) is 30.6 Å². The summed E-state index contributed by atoms with van der Waals surface area (Å²) in [6.07, 6.45) is 2.58. The van der Waals surface area contributed by atoms with Gasteiger partial charge in [-0.1, -0.05) is 0 Å². The molecule has 1 aliphatic rings. The molecule has 0 saturated heterocycles. The Hall–Kier alpha value is -3.16. The first-order valence-electron chi connectivity index (χ1n) is 7.27. The van der Waals surface area contributed by atoms with Crippen LogP contribution in [-0.4, -0.2) is 54.2 Å². The maximum Gasteiger partial charge on any atom is 0.337 e. The zero-order chi connectivity index (χ0) is 17.3. The molecular weight excluding hydrogens is 312 g/mol. The lowest BCUT2D eigenvalue weighted by Crippen LogP contribution is -2.43. The Labute approximate surface area is 138 Å². The largest absolute Gasteiger partial charge is 0.481 e. The van der Waals surface area contributed by atoms with Crippen LogP contribution in [0.5, 0.6) is 5.88 Å². The van der Waals surface area contributed by atoms with E-state index in [2.05, 4.69) is 9.97 Å². The van der Waals surface area contributed by atoms with Gasteiger partial charge in [-0.05, 0) is 12.1 Å². The summed E-state index contributed by atoms with van der Waals surface area (Å²) in [5, 5.41) is 9.06. The highest BCUT2D eigenvalue weighted by Gasteiger charge is 2.28. The van der Waals surface area contributed by atoms with Crippen LogP contribution in [0, 0.1) is 0 Å². The van der Waals surface area contributed by atoms with Crippen molar-refractivity contribution in [3.8, 4) is 5.88 Å². The minimum absolute atomic E-state index is 0.0249. The van der Waals surface area contributed by atoms with Crippen LogP contribution >= 0.6 is 0 Å². The molecule has 0 spiro atoms. The van der Waals surface area contributed by atoms with E-state index in [0.29, 0.717) is 30.5 Å². The first kappa shape index (κ1) is 15.7. The number of carboxylic acids is 1. The van der Waals surface area contributed by atoms with Crippen LogP contribution < -0.4 is 14.5 Å². The molecule has 0 bridgehead atoms. The highest BCUT2D eigenvalue weighted by atomic mass is 16.5. The van der Waals surface area contributed by atoms with Gasteiger partial charge in [0.2, 0.25) is 5.88 Å². The van der Waals surface area contributed by atoms with E-state index in [4.69, 9.17) is 9.84 Å². The summed E-state index contributed by atoms with van der Waals surface area (Å²) >= 11 is 0. The minimum Gasteiger partial charge on any atom is -0.481 e. The Morgan fingerprint density at radius 3 is 2.67 bits per heavy atom. The molecule has 0 fully saturated rings. The molecule has 0 unspecified atom stereocenters. The van der Waals surface area contributed by atoms with E-state index in [0.717, 1.165) is 0 Å². The SMILES string of the molecule is COc1ccc2c(n1)N(C)CCN2C(=O)c1cncc(C(=O)O)c1. The van der Waals surface area contributed by atoms with E-state index in [1.807, 2.05) is 11.9 Å². The fourth-order valence-electron chi connectivity index (χ4n) is 2.55. The van der Waals surface area contributed by atoms with Gasteiger partial charge in [0.25, 0.3) is 5.91 Å². The summed E-state index contributed by atoms with van der Waals surface area (Å²) in [6, 6.07) is 4.78. The van der Waals surface area contributed by atoms with Gasteiger partial charge in [0, 0.05) is 38.6 Å². The Balaban J connectivity index is 1.99. The number of aromatic carboxylic acids is 1. The first-order chi connectivity index (χ1) is 11.5. The van der Waals surface area contributed by atoms with Crippen molar-refractivity contribution in [2.24, 2.45) is 0 Å². The molecule has 3 rings (SSSR count). The Bertz CT molecular complexity index is 808. The lowest BCUT2D eigenvalue weighted by Gasteiger charge is -2.34. The predicted octanol–water partition coefficient (Wildman–Crippen LogP) is 1.28. The van der Waals surface area contributed by atoms with E-state index in [1.165, 1.54) is 25.6 Å². The smallest absolute Gasteiger partial charge is 0.337 e. The van der Waals surface area contributed by atoms with Gasteiger partial charge in [-0.15, -0.1) is 0 Å². The number of likely N-dealkylation sites (N-methyl/N-ethyl adjacent to an activating group) is 1. The number of carboxylic acid groups (broad SMARTS) is 1. The number of nitrogens with zero attached hydrogens (tertiary/aromatic N) is 4. The number of aromatic nitrogens is 2. The number of amides is 1. The van der Waals surface area contributed by atoms with Crippen LogP contribution in [0.3, 0.4) is 0 Å². The number of methoxy groups -OCH3 is 1. The van der Waals surface area contributed by atoms with Gasteiger partial charge in [-0.2, -0.15) is 4.98 Å². The fourth-order valence-corrected chi connectivity index (χ4v) is 2.55. The molecule has 8 nitrogen and oxygen atoms in total. The van der Waals surface area contributed by atoms with Crippen molar-refractivity contribution in [3.05, 3.63) is 41.7 Å². The lowest BCUT2D eigenvalue weighted by molar-refractivity contribution is 0.0696. The summed E-state index contributed by atoms with van der Waals surface area (Å²) < 4.78 is 5.13. The topological polar surface area (TPSA) is 95.9 Å². The van der Waals surface area contributed by atoms with Crippen molar-refractivity contribution in [2.45, 2.75) is 0 Å². The highest BCUT2D eigenvalue weighted by molar-refractivity contribution is 6.08. The van der Waals surface area contributed by atoms with Crippen LogP contribution in [0.25, 0.3) is 0 Å². The summed E-state index contributed by atoms with van der Waals surface area (Å²) in [6.45, 7) is 1.07. The van der Waals surface area contributed by atoms with Crippen molar-refractivity contribution in [1.82, 2.24) is 9.97 Å². The Kier molecular flexibility index (Phi) is 4.03. The van der Waals surface area contributed by atoms with Gasteiger partial charge in [0.15, 0.2) is 5.82 Å². The average molecular weight is 328 g/mol. The van der Waals surface area contributed by atoms with Gasteiger partial charge in [-0.25, -0.2) is 4.79 Å². The maximum absolute atomic E-state index is 12.8. The van der Waals surface area contributed by atoms with Crippen LogP contribution in [0.1, 0.15) is 20.7 Å². The number of hydrogen-bond acceptors (Lipinski definition) is 6. The molecule has 1 amide bonds. The lowest BCUT2D eigenvalue weighted by atomic mass is 10.1. The number of rotatable bonds is 3. The molecule has 0 aromatic carbocycles. The van der Waals surface area contributed by atoms with Crippen LogP contribution in [0.2, 0.25) is 0 Å². The van der Waals surface area contributed by atoms with Crippen molar-refractivity contribution in [3.63, 3.8) is 0 Å². The normalized spacial score (nSPS) is 13.4. The van der Waals surface area contributed by atoms with Gasteiger partial charge in [0.05, 0.1) is 23.9 Å². The zero-order valence-electron chi connectivity index (χ0n) is 13.3. The summed E-state index contributed by atoms with van der Waals surface area (Å²) in [5.74, 6) is -0.338. The van der Waals surface area contributed by atoms with Gasteiger partial charge in [-0.3, -0.25) is 9.78 Å². The van der Waals surface area contributed by atoms with Crippen LogP contribution in [-0.2, 0) is 0 Å². The van der Waals surface area contributed by atoms with Crippen molar-refractivity contribution in [1.29, 1.82) is 0 Å². The molecule has 1 aliphatic heterocycles. The molecule has 2 aromatic heterocycles. The number of fused-ring (bicyclic) bond motifs is 1. The monoisotopic (exact) mass is 328 g/mol. The molecule has 124 valence electrons. The number of hydrogen-bond donors (Lipinski definition) is 1. The molecule has 8 heteroatoms. The number of carbonyl (C=O) groups is 2. The number of anilines is 2. The third-order valence-electron chi connectivity index (χ3n) is 3.83. The van der Waals surface area contributed by atoms with Gasteiger partial charge in [0.1, 0.15) is 0 Å². The molecule has 2 aromatic rings. The molecule has 24 heavy (non-hydrogen) atoms. The summed E-state index contributed by atoms with van der Waals surface area (Å²) in [4.78, 5) is 35.6. The predicted molar refractivity (Wildman–Crippen MR) is 86.9 cm³/mol. The average Bonchev–Trinajstić information content (AvgIpc) is 2.61. The molecule has 0 atom stereocenters. The van der Waals surface area contributed by atoms with E-state index in [9.17, 15) is 9.59 Å². The number of carbonyl (C=O) groups excluding carboxylic acids is 1. The Morgan fingerprint density at radius 2 is 1.96 bits per heavy atom. The number of ether oxygens (including phenoxy) is 1. The summed E-state index contributed by atoms with van der Waals surface area (Å²) in [7, 11) is 3.42. The third-order valence-corrected chi connectivity index (χ3v) is 3.83. The maximum atomic E-state index is 12.8. The Morgan fingerprint density at radius 1 is 1.21 bits per heavy atom. The van der Waals surface area contributed by atoms with E-state index >= 15 is 0 Å². The summed E-state index contributed by atoms with van der Waals surface area (Å²) in [5.41, 5.74) is 0.847. The molecule has 0 aliphatic carbocycles. The number of pyridine rings is 2. The minimum atomic E-state index is -1.12. The molecule has 1 N–H and O–H groups in total. The second kappa shape index (κ2) is 6.15. The van der Waals surface area contributed by atoms with E-state index in [1.54, 1.807) is 17.0 Å². The van der Waals surface area contributed by atoms with E-state index < -0.39 is 5.97 Å². The van der Waals surface area contributed by atoms with Crippen molar-refractivity contribution >= 4 is 23.4 Å². The third kappa shape index (κ3) is 2.73. The molecule has 0 saturated carbocycles. The second-order valence-electron chi connectivity index (χ2n) is 5.34. The zero-order valence-corrected chi connectivity index (χ0v) is 13.3. The first-order valence-corrected chi connectivity index (χ1v) is 7.27. The quantitative estimate of drug-likeness (QED) is 0.906. The molecule has 0 radical (unpaired) electrons. The fraction of sp³-hybridized carbons (Fsp3) is 0.250. The molecular formula is C16H16N4O4. The van der Waals surface area contributed by atoms with Crippen molar-refractivity contribution < 1.29 is 19.4 Å².